The molecule has 0 aliphatic carbocycles. The van der Waals surface area contributed by atoms with Gasteiger partial charge < -0.3 is 5.73 Å². The molecule has 0 radical (unpaired) electrons. The Bertz CT molecular complexity index is 493. The summed E-state index contributed by atoms with van der Waals surface area (Å²) in [5.41, 5.74) is 7.85. The number of halogens is 1. The number of anilines is 1. The van der Waals surface area contributed by atoms with Crippen LogP contribution in [0.5, 0.6) is 0 Å². The van der Waals surface area contributed by atoms with Crippen molar-refractivity contribution in [3.8, 4) is 0 Å². The van der Waals surface area contributed by atoms with E-state index in [9.17, 15) is 0 Å². The van der Waals surface area contributed by atoms with Crippen LogP contribution in [0.3, 0.4) is 0 Å². The normalized spacial score (nSPS) is 10.5. The molecule has 2 N–H and O–H groups in total. The van der Waals surface area contributed by atoms with Crippen molar-refractivity contribution in [1.82, 2.24) is 9.97 Å². The maximum Gasteiger partial charge on any atom is 0.190 e. The van der Waals surface area contributed by atoms with Gasteiger partial charge in [0.1, 0.15) is 5.82 Å². The first-order valence-electron chi connectivity index (χ1n) is 5.12. The Morgan fingerprint density at radius 2 is 1.94 bits per heavy atom. The maximum atomic E-state index is 5.68. The van der Waals surface area contributed by atoms with Gasteiger partial charge in [0.2, 0.25) is 0 Å². The number of nitrogens with two attached hydrogens (primary N) is 1. The summed E-state index contributed by atoms with van der Waals surface area (Å²) in [6, 6.07) is 10.2. The van der Waals surface area contributed by atoms with Crippen LogP contribution in [0.15, 0.2) is 35.5 Å². The molecular weight excluding hydrogens is 345 g/mol. The molecule has 3 nitrogen and oxygen atoms in total. The van der Waals surface area contributed by atoms with Crippen LogP contribution in [0.4, 0.5) is 5.82 Å². The molecule has 2 aromatic rings. The predicted octanol–water partition coefficient (Wildman–Crippen LogP) is 3.26. The Labute approximate surface area is 118 Å². The van der Waals surface area contributed by atoms with Crippen molar-refractivity contribution >= 4 is 40.2 Å². The van der Waals surface area contributed by atoms with Gasteiger partial charge in [0.25, 0.3) is 0 Å². The average Bonchev–Trinajstić information content (AvgIpc) is 2.27. The zero-order valence-electron chi connectivity index (χ0n) is 9.35. The molecule has 1 heterocycles. The van der Waals surface area contributed by atoms with Crippen molar-refractivity contribution < 1.29 is 0 Å². The van der Waals surface area contributed by atoms with Crippen molar-refractivity contribution in [2.45, 2.75) is 17.8 Å². The third kappa shape index (κ3) is 3.85. The van der Waals surface area contributed by atoms with Crippen molar-refractivity contribution in [1.29, 1.82) is 0 Å². The molecule has 0 fully saturated rings. The minimum Gasteiger partial charge on any atom is -0.384 e. The van der Waals surface area contributed by atoms with Gasteiger partial charge in [0, 0.05) is 21.1 Å². The molecule has 2 rings (SSSR count). The van der Waals surface area contributed by atoms with E-state index >= 15 is 0 Å². The fourth-order valence-electron chi connectivity index (χ4n) is 1.36. The molecule has 1 aromatic heterocycles. The number of aromatic nitrogens is 2. The van der Waals surface area contributed by atoms with Gasteiger partial charge in [0.05, 0.1) is 0 Å². The molecule has 0 saturated heterocycles. The minimum absolute atomic E-state index is 0.530. The van der Waals surface area contributed by atoms with Gasteiger partial charge in [-0.1, -0.05) is 23.9 Å². The molecule has 88 valence electrons. The van der Waals surface area contributed by atoms with Crippen LogP contribution >= 0.6 is 34.4 Å². The standard InChI is InChI=1S/C12H12IN3S/c1-8-6-11(14)16-12(15-8)17-7-9-2-4-10(13)5-3-9/h2-6H,7H2,1H3,(H2,14,15,16). The van der Waals surface area contributed by atoms with E-state index in [-0.39, 0.29) is 0 Å². The van der Waals surface area contributed by atoms with Crippen LogP contribution in [-0.4, -0.2) is 9.97 Å². The summed E-state index contributed by atoms with van der Waals surface area (Å²) < 4.78 is 1.24. The minimum atomic E-state index is 0.530. The third-order valence-electron chi connectivity index (χ3n) is 2.13. The van der Waals surface area contributed by atoms with Gasteiger partial charge in [-0.05, 0) is 47.2 Å². The molecule has 0 aliphatic heterocycles. The maximum absolute atomic E-state index is 5.68. The van der Waals surface area contributed by atoms with E-state index in [4.69, 9.17) is 5.73 Å². The first-order valence-corrected chi connectivity index (χ1v) is 7.18. The SMILES string of the molecule is Cc1cc(N)nc(SCc2ccc(I)cc2)n1. The zero-order valence-corrected chi connectivity index (χ0v) is 12.3. The van der Waals surface area contributed by atoms with E-state index in [1.54, 1.807) is 17.8 Å². The molecule has 5 heteroatoms. The van der Waals surface area contributed by atoms with E-state index < -0.39 is 0 Å². The number of hydrogen-bond acceptors (Lipinski definition) is 4. The Hall–Kier alpha value is -0.820. The highest BCUT2D eigenvalue weighted by Crippen LogP contribution is 2.20. The second kappa shape index (κ2) is 5.68. The van der Waals surface area contributed by atoms with Crippen molar-refractivity contribution in [3.05, 3.63) is 45.2 Å². The summed E-state index contributed by atoms with van der Waals surface area (Å²) in [6.45, 7) is 1.92. The lowest BCUT2D eigenvalue weighted by Crippen LogP contribution is -1.96. The van der Waals surface area contributed by atoms with Crippen molar-refractivity contribution in [3.63, 3.8) is 0 Å². The van der Waals surface area contributed by atoms with E-state index in [0.717, 1.165) is 16.6 Å². The molecule has 0 aliphatic rings. The Kier molecular flexibility index (Phi) is 4.22. The fourth-order valence-corrected chi connectivity index (χ4v) is 2.58. The van der Waals surface area contributed by atoms with E-state index in [1.807, 2.05) is 6.92 Å². The van der Waals surface area contributed by atoms with Crippen LogP contribution in [-0.2, 0) is 5.75 Å². The second-order valence-electron chi connectivity index (χ2n) is 3.63. The number of benzene rings is 1. The molecule has 1 aromatic carbocycles. The number of thioether (sulfide) groups is 1. The van der Waals surface area contributed by atoms with E-state index in [2.05, 4.69) is 56.8 Å². The molecule has 0 amide bonds. The van der Waals surface area contributed by atoms with Crippen LogP contribution in [0.25, 0.3) is 0 Å². The van der Waals surface area contributed by atoms with Crippen molar-refractivity contribution in [2.24, 2.45) is 0 Å². The summed E-state index contributed by atoms with van der Waals surface area (Å²) >= 11 is 3.90. The quantitative estimate of drug-likeness (QED) is 0.521. The number of rotatable bonds is 3. The summed E-state index contributed by atoms with van der Waals surface area (Å²) in [5.74, 6) is 1.39. The average molecular weight is 357 g/mol. The zero-order chi connectivity index (χ0) is 12.3. The molecule has 0 unspecified atom stereocenters. The smallest absolute Gasteiger partial charge is 0.190 e. The van der Waals surface area contributed by atoms with Crippen LogP contribution in [0.1, 0.15) is 11.3 Å². The van der Waals surface area contributed by atoms with Gasteiger partial charge in [0.15, 0.2) is 5.16 Å². The molecule has 0 saturated carbocycles. The van der Waals surface area contributed by atoms with E-state index in [1.165, 1.54) is 9.13 Å². The highest BCUT2D eigenvalue weighted by molar-refractivity contribution is 14.1. The number of nitrogens with zero attached hydrogens (tertiary/aromatic N) is 2. The molecule has 0 spiro atoms. The summed E-state index contributed by atoms with van der Waals surface area (Å²) in [5, 5.41) is 0.737. The van der Waals surface area contributed by atoms with Gasteiger partial charge in [-0.2, -0.15) is 0 Å². The first kappa shape index (κ1) is 12.6. The van der Waals surface area contributed by atoms with Gasteiger partial charge >= 0.3 is 0 Å². The van der Waals surface area contributed by atoms with Crippen molar-refractivity contribution in [2.75, 3.05) is 5.73 Å². The van der Waals surface area contributed by atoms with Crippen LogP contribution in [0, 0.1) is 10.5 Å². The topological polar surface area (TPSA) is 51.8 Å². The molecule has 0 bridgehead atoms. The third-order valence-corrected chi connectivity index (χ3v) is 3.77. The summed E-state index contributed by atoms with van der Waals surface area (Å²) in [6.07, 6.45) is 0. The summed E-state index contributed by atoms with van der Waals surface area (Å²) in [4.78, 5) is 8.53. The van der Waals surface area contributed by atoms with Gasteiger partial charge in [-0.25, -0.2) is 9.97 Å². The van der Waals surface area contributed by atoms with Gasteiger partial charge in [-0.3, -0.25) is 0 Å². The Morgan fingerprint density at radius 1 is 1.24 bits per heavy atom. The predicted molar refractivity (Wildman–Crippen MR) is 79.9 cm³/mol. The Balaban J connectivity index is 2.04. The number of hydrogen-bond donors (Lipinski definition) is 1. The van der Waals surface area contributed by atoms with Crippen LogP contribution in [0.2, 0.25) is 0 Å². The fraction of sp³-hybridized carbons (Fsp3) is 0.167. The molecule has 17 heavy (non-hydrogen) atoms. The highest BCUT2D eigenvalue weighted by atomic mass is 127. The number of nitrogen functional groups attached to an aromatic ring is 1. The second-order valence-corrected chi connectivity index (χ2v) is 5.82. The lowest BCUT2D eigenvalue weighted by molar-refractivity contribution is 0.940. The monoisotopic (exact) mass is 357 g/mol. The first-order chi connectivity index (χ1) is 8.13. The van der Waals surface area contributed by atoms with Gasteiger partial charge in [-0.15, -0.1) is 0 Å². The lowest BCUT2D eigenvalue weighted by Gasteiger charge is -2.03. The highest BCUT2D eigenvalue weighted by Gasteiger charge is 2.01. The lowest BCUT2D eigenvalue weighted by atomic mass is 10.2. The number of aryl methyl sites for hydroxylation is 1. The van der Waals surface area contributed by atoms with E-state index in [0.29, 0.717) is 5.82 Å². The Morgan fingerprint density at radius 3 is 2.59 bits per heavy atom. The van der Waals surface area contributed by atoms with Crippen LogP contribution < -0.4 is 5.73 Å². The molecule has 0 atom stereocenters. The molecular formula is C12H12IN3S. The summed E-state index contributed by atoms with van der Waals surface area (Å²) in [7, 11) is 0. The largest absolute Gasteiger partial charge is 0.384 e.